The Morgan fingerprint density at radius 1 is 0.339 bits per heavy atom. The zero-order valence-electron chi connectivity index (χ0n) is 39.5. The van der Waals surface area contributed by atoms with Crippen molar-refractivity contribution >= 4 is 17.9 Å². The molecule has 6 nitrogen and oxygen atoms in total. The van der Waals surface area contributed by atoms with E-state index in [4.69, 9.17) is 14.2 Å². The Balaban J connectivity index is 4.31. The first kappa shape index (κ1) is 56.9. The summed E-state index contributed by atoms with van der Waals surface area (Å²) >= 11 is 0. The number of ether oxygens (including phenoxy) is 3. The molecule has 1 unspecified atom stereocenters. The van der Waals surface area contributed by atoms with Gasteiger partial charge in [0.05, 0.1) is 0 Å². The molecule has 0 amide bonds. The first-order valence-corrected chi connectivity index (χ1v) is 25.8. The van der Waals surface area contributed by atoms with E-state index in [0.29, 0.717) is 19.3 Å². The van der Waals surface area contributed by atoms with Crippen LogP contribution in [0.25, 0.3) is 0 Å². The monoisotopic (exact) mass is 831 g/mol. The average molecular weight is 831 g/mol. The maximum Gasteiger partial charge on any atom is 0.306 e. The van der Waals surface area contributed by atoms with Crippen LogP contribution in [0, 0.1) is 0 Å². The summed E-state index contributed by atoms with van der Waals surface area (Å²) in [6.45, 7) is 6.58. The Labute approximate surface area is 366 Å². The molecule has 0 heterocycles. The van der Waals surface area contributed by atoms with Gasteiger partial charge in [-0.1, -0.05) is 238 Å². The minimum Gasteiger partial charge on any atom is -0.462 e. The summed E-state index contributed by atoms with van der Waals surface area (Å²) in [4.78, 5) is 37.9. The van der Waals surface area contributed by atoms with Crippen LogP contribution in [0.3, 0.4) is 0 Å². The molecule has 0 saturated heterocycles. The molecule has 0 aliphatic carbocycles. The van der Waals surface area contributed by atoms with Gasteiger partial charge in [-0.2, -0.15) is 0 Å². The number of hydrogen-bond donors (Lipinski definition) is 0. The fraction of sp³-hybridized carbons (Fsp3) is 0.868. The Hall–Kier alpha value is -2.11. The number of esters is 3. The molecule has 6 heteroatoms. The first-order chi connectivity index (χ1) is 29.0. The highest BCUT2D eigenvalue weighted by Gasteiger charge is 2.19. The Morgan fingerprint density at radius 2 is 0.644 bits per heavy atom. The van der Waals surface area contributed by atoms with Gasteiger partial charge in [0.15, 0.2) is 6.10 Å². The molecule has 59 heavy (non-hydrogen) atoms. The summed E-state index contributed by atoms with van der Waals surface area (Å²) in [5.74, 6) is -0.874. The van der Waals surface area contributed by atoms with Crippen LogP contribution in [-0.4, -0.2) is 37.2 Å². The number of carbonyl (C=O) groups excluding carboxylic acids is 3. The van der Waals surface area contributed by atoms with E-state index in [0.717, 1.165) is 89.9 Å². The number of carbonyl (C=O) groups is 3. The van der Waals surface area contributed by atoms with Crippen LogP contribution in [0.1, 0.15) is 278 Å². The van der Waals surface area contributed by atoms with Crippen molar-refractivity contribution in [2.24, 2.45) is 0 Å². The van der Waals surface area contributed by atoms with Crippen LogP contribution >= 0.6 is 0 Å². The lowest BCUT2D eigenvalue weighted by atomic mass is 10.0. The molecular weight excluding hydrogens is 733 g/mol. The molecule has 0 aliphatic rings. The van der Waals surface area contributed by atoms with E-state index in [1.165, 1.54) is 148 Å². The van der Waals surface area contributed by atoms with E-state index < -0.39 is 6.10 Å². The molecule has 346 valence electrons. The van der Waals surface area contributed by atoms with Crippen LogP contribution in [0.5, 0.6) is 0 Å². The second-order valence-corrected chi connectivity index (χ2v) is 17.4. The Morgan fingerprint density at radius 3 is 1.00 bits per heavy atom. The number of hydrogen-bond acceptors (Lipinski definition) is 6. The van der Waals surface area contributed by atoms with E-state index >= 15 is 0 Å². The largest absolute Gasteiger partial charge is 0.462 e. The van der Waals surface area contributed by atoms with Crippen LogP contribution in [0.4, 0.5) is 0 Å². The van der Waals surface area contributed by atoms with Crippen molar-refractivity contribution in [2.45, 2.75) is 284 Å². The third-order valence-electron chi connectivity index (χ3n) is 11.4. The van der Waals surface area contributed by atoms with Crippen molar-refractivity contribution in [3.8, 4) is 0 Å². The Bertz CT molecular complexity index is 958. The van der Waals surface area contributed by atoms with Gasteiger partial charge in [0, 0.05) is 19.3 Å². The zero-order valence-corrected chi connectivity index (χ0v) is 39.5. The molecule has 0 aliphatic heterocycles. The van der Waals surface area contributed by atoms with Crippen LogP contribution in [0.15, 0.2) is 24.3 Å². The third-order valence-corrected chi connectivity index (χ3v) is 11.4. The standard InChI is InChI=1S/C53H98O6/c1-4-7-10-13-16-19-22-24-25-26-27-29-31-34-37-40-43-46-52(55)58-49-50(48-57-51(54)45-42-39-36-33-30-21-18-15-12-9-6-3)59-53(56)47-44-41-38-35-32-28-23-20-17-14-11-8-5-2/h11,14,20,23,50H,4-10,12-13,15-19,21-22,24-49H2,1-3H3/b14-11-,23-20-. The predicted octanol–water partition coefficient (Wildman–Crippen LogP) is 16.8. The van der Waals surface area contributed by atoms with Gasteiger partial charge in [0.25, 0.3) is 0 Å². The molecule has 0 radical (unpaired) electrons. The zero-order chi connectivity index (χ0) is 43.0. The molecule has 0 saturated carbocycles. The van der Waals surface area contributed by atoms with Crippen molar-refractivity contribution in [1.82, 2.24) is 0 Å². The quantitative estimate of drug-likeness (QED) is 0.0263. The highest BCUT2D eigenvalue weighted by atomic mass is 16.6. The fourth-order valence-electron chi connectivity index (χ4n) is 7.54. The molecule has 0 rings (SSSR count). The molecule has 0 bridgehead atoms. The highest BCUT2D eigenvalue weighted by Crippen LogP contribution is 2.16. The van der Waals surface area contributed by atoms with Crippen LogP contribution in [0.2, 0.25) is 0 Å². The van der Waals surface area contributed by atoms with Gasteiger partial charge in [0.2, 0.25) is 0 Å². The number of rotatable bonds is 47. The van der Waals surface area contributed by atoms with Gasteiger partial charge in [0.1, 0.15) is 13.2 Å². The average Bonchev–Trinajstić information content (AvgIpc) is 3.23. The minimum atomic E-state index is -0.771. The second kappa shape index (κ2) is 48.6. The normalized spacial score (nSPS) is 12.1. The lowest BCUT2D eigenvalue weighted by molar-refractivity contribution is -0.167. The van der Waals surface area contributed by atoms with E-state index in [2.05, 4.69) is 45.1 Å². The van der Waals surface area contributed by atoms with E-state index in [1.807, 2.05) is 0 Å². The van der Waals surface area contributed by atoms with E-state index in [-0.39, 0.29) is 31.1 Å². The summed E-state index contributed by atoms with van der Waals surface area (Å²) in [7, 11) is 0. The maximum atomic E-state index is 12.8. The van der Waals surface area contributed by atoms with Gasteiger partial charge >= 0.3 is 17.9 Å². The van der Waals surface area contributed by atoms with Crippen molar-refractivity contribution in [3.63, 3.8) is 0 Å². The van der Waals surface area contributed by atoms with Crippen molar-refractivity contribution in [2.75, 3.05) is 13.2 Å². The fourth-order valence-corrected chi connectivity index (χ4v) is 7.54. The predicted molar refractivity (Wildman–Crippen MR) is 252 cm³/mol. The van der Waals surface area contributed by atoms with Gasteiger partial charge in [-0.3, -0.25) is 14.4 Å². The molecule has 1 atom stereocenters. The van der Waals surface area contributed by atoms with Crippen molar-refractivity contribution in [1.29, 1.82) is 0 Å². The number of unbranched alkanes of at least 4 members (excludes halogenated alkanes) is 32. The molecule has 0 fully saturated rings. The minimum absolute atomic E-state index is 0.0723. The SMILES string of the molecule is CCC/C=C\C/C=C\CCCCCCCC(=O)OC(COC(=O)CCCCCCCCCCCCC)COC(=O)CCCCCCCCCCCCCCCCCCC. The molecular formula is C53H98O6. The Kier molecular flexibility index (Phi) is 46.8. The van der Waals surface area contributed by atoms with Gasteiger partial charge in [-0.15, -0.1) is 0 Å². The number of allylic oxidation sites excluding steroid dienone is 4. The second-order valence-electron chi connectivity index (χ2n) is 17.4. The molecule has 0 aromatic heterocycles. The summed E-state index contributed by atoms with van der Waals surface area (Å²) in [6.07, 6.45) is 54.5. The molecule has 0 aromatic rings. The lowest BCUT2D eigenvalue weighted by Gasteiger charge is -2.18. The first-order valence-electron chi connectivity index (χ1n) is 25.8. The summed E-state index contributed by atoms with van der Waals surface area (Å²) in [5.41, 5.74) is 0. The van der Waals surface area contributed by atoms with Gasteiger partial charge in [-0.25, -0.2) is 0 Å². The third kappa shape index (κ3) is 46.8. The smallest absolute Gasteiger partial charge is 0.306 e. The van der Waals surface area contributed by atoms with Gasteiger partial charge < -0.3 is 14.2 Å². The van der Waals surface area contributed by atoms with E-state index in [1.54, 1.807) is 0 Å². The maximum absolute atomic E-state index is 12.8. The summed E-state index contributed by atoms with van der Waals surface area (Å²) in [5, 5.41) is 0. The molecule has 0 spiro atoms. The topological polar surface area (TPSA) is 78.9 Å². The van der Waals surface area contributed by atoms with E-state index in [9.17, 15) is 14.4 Å². The van der Waals surface area contributed by atoms with Crippen molar-refractivity contribution in [3.05, 3.63) is 24.3 Å². The highest BCUT2D eigenvalue weighted by molar-refractivity contribution is 5.71. The lowest BCUT2D eigenvalue weighted by Crippen LogP contribution is -2.30. The molecule has 0 N–H and O–H groups in total. The van der Waals surface area contributed by atoms with Crippen molar-refractivity contribution < 1.29 is 28.6 Å². The summed E-state index contributed by atoms with van der Waals surface area (Å²) in [6, 6.07) is 0. The van der Waals surface area contributed by atoms with Gasteiger partial charge in [-0.05, 0) is 44.9 Å². The van der Waals surface area contributed by atoms with Crippen LogP contribution in [-0.2, 0) is 28.6 Å². The van der Waals surface area contributed by atoms with Crippen LogP contribution < -0.4 is 0 Å². The summed E-state index contributed by atoms with van der Waals surface area (Å²) < 4.78 is 16.8. The molecule has 0 aromatic carbocycles.